The Morgan fingerprint density at radius 2 is 2.25 bits per heavy atom. The lowest BCUT2D eigenvalue weighted by molar-refractivity contribution is -0.122. The van der Waals surface area contributed by atoms with Crippen LogP contribution in [-0.2, 0) is 4.79 Å². The van der Waals surface area contributed by atoms with E-state index in [2.05, 4.69) is 10.3 Å². The lowest BCUT2D eigenvalue weighted by Gasteiger charge is -2.21. The molecule has 0 saturated heterocycles. The summed E-state index contributed by atoms with van der Waals surface area (Å²) in [5, 5.41) is 2.97. The van der Waals surface area contributed by atoms with E-state index in [0.717, 1.165) is 24.1 Å². The summed E-state index contributed by atoms with van der Waals surface area (Å²) in [5.41, 5.74) is 7.09. The van der Waals surface area contributed by atoms with E-state index in [0.29, 0.717) is 5.92 Å². The normalized spacial score (nSPS) is 15.5. The van der Waals surface area contributed by atoms with Gasteiger partial charge in [-0.2, -0.15) is 0 Å². The molecule has 6 heteroatoms. The molecule has 0 unspecified atom stereocenters. The molecule has 3 N–H and O–H groups in total. The summed E-state index contributed by atoms with van der Waals surface area (Å²) in [6, 6.07) is 3.17. The van der Waals surface area contributed by atoms with Gasteiger partial charge in [0.05, 0.1) is 11.7 Å². The molecule has 20 heavy (non-hydrogen) atoms. The quantitative estimate of drug-likeness (QED) is 0.839. The third-order valence-corrected chi connectivity index (χ3v) is 3.51. The molecule has 1 heterocycles. The van der Waals surface area contributed by atoms with Gasteiger partial charge in [-0.25, -0.2) is 4.79 Å². The van der Waals surface area contributed by atoms with E-state index in [1.54, 1.807) is 6.20 Å². The lowest BCUT2D eigenvalue weighted by Crippen LogP contribution is -2.42. The van der Waals surface area contributed by atoms with Gasteiger partial charge in [-0.1, -0.05) is 6.07 Å². The minimum absolute atomic E-state index is 0.0373. The maximum Gasteiger partial charge on any atom is 0.314 e. The number of nitrogens with zero attached hydrogens (tertiary/aromatic N) is 2. The van der Waals surface area contributed by atoms with Gasteiger partial charge >= 0.3 is 6.03 Å². The Morgan fingerprint density at radius 3 is 2.80 bits per heavy atom. The van der Waals surface area contributed by atoms with Crippen molar-refractivity contribution in [1.82, 2.24) is 15.2 Å². The number of nitrogens with one attached hydrogen (secondary N) is 1. The van der Waals surface area contributed by atoms with Gasteiger partial charge in [0.25, 0.3) is 0 Å². The molecule has 1 aromatic rings. The number of likely N-dealkylation sites (N-methyl/N-ethyl adjacent to an activating group) is 1. The van der Waals surface area contributed by atoms with Gasteiger partial charge in [-0.15, -0.1) is 0 Å². The van der Waals surface area contributed by atoms with Crippen LogP contribution in [0.2, 0.25) is 0 Å². The highest BCUT2D eigenvalue weighted by molar-refractivity contribution is 5.83. The molecule has 1 aliphatic rings. The highest BCUT2D eigenvalue weighted by atomic mass is 16.2. The standard InChI is InChI=1S/C14H20N4O2/c1-9-4-3-7-16-12(9)13(10-5-6-10)17-11(19)8-18(2)14(15)20/h3-4,7,10,13H,5-6,8H2,1-2H3,(H2,15,20)(H,17,19)/t13-/m1/s1. The number of carbonyl (C=O) groups excluding carboxylic acids is 2. The van der Waals surface area contributed by atoms with Crippen molar-refractivity contribution in [2.45, 2.75) is 25.8 Å². The topological polar surface area (TPSA) is 88.3 Å². The van der Waals surface area contributed by atoms with Crippen LogP contribution < -0.4 is 11.1 Å². The molecule has 0 bridgehead atoms. The number of carbonyl (C=O) groups is 2. The van der Waals surface area contributed by atoms with E-state index < -0.39 is 6.03 Å². The summed E-state index contributed by atoms with van der Waals surface area (Å²) in [5.74, 6) is 0.222. The number of amides is 3. The first-order valence-corrected chi connectivity index (χ1v) is 6.70. The third-order valence-electron chi connectivity index (χ3n) is 3.51. The molecule has 6 nitrogen and oxygen atoms in total. The van der Waals surface area contributed by atoms with Gasteiger partial charge in [-0.05, 0) is 37.3 Å². The molecule has 108 valence electrons. The highest BCUT2D eigenvalue weighted by Gasteiger charge is 2.35. The lowest BCUT2D eigenvalue weighted by atomic mass is 10.0. The fraction of sp³-hybridized carbons (Fsp3) is 0.500. The Morgan fingerprint density at radius 1 is 1.55 bits per heavy atom. The number of aryl methyl sites for hydroxylation is 1. The van der Waals surface area contributed by atoms with E-state index in [1.807, 2.05) is 19.1 Å². The predicted molar refractivity (Wildman–Crippen MR) is 74.8 cm³/mol. The first-order valence-electron chi connectivity index (χ1n) is 6.70. The van der Waals surface area contributed by atoms with E-state index in [-0.39, 0.29) is 18.5 Å². The zero-order chi connectivity index (χ0) is 14.7. The molecule has 1 saturated carbocycles. The Bertz CT molecular complexity index is 514. The molecule has 1 fully saturated rings. The van der Waals surface area contributed by atoms with Crippen LogP contribution in [0.25, 0.3) is 0 Å². The molecule has 0 spiro atoms. The summed E-state index contributed by atoms with van der Waals surface area (Å²) in [6.45, 7) is 1.95. The molecule has 1 aliphatic carbocycles. The molecule has 1 aromatic heterocycles. The molecular formula is C14H20N4O2. The molecule has 0 aliphatic heterocycles. The Labute approximate surface area is 118 Å². The van der Waals surface area contributed by atoms with Gasteiger partial charge in [-0.3, -0.25) is 9.78 Å². The van der Waals surface area contributed by atoms with Crippen molar-refractivity contribution in [3.8, 4) is 0 Å². The minimum Gasteiger partial charge on any atom is -0.351 e. The Balaban J connectivity index is 2.05. The number of aromatic nitrogens is 1. The second-order valence-corrected chi connectivity index (χ2v) is 5.28. The van der Waals surface area contributed by atoms with E-state index >= 15 is 0 Å². The smallest absolute Gasteiger partial charge is 0.314 e. The first-order chi connectivity index (χ1) is 9.49. The van der Waals surface area contributed by atoms with Crippen LogP contribution in [0.5, 0.6) is 0 Å². The number of hydrogen-bond donors (Lipinski definition) is 2. The van der Waals surface area contributed by atoms with Gasteiger partial charge in [0.2, 0.25) is 5.91 Å². The van der Waals surface area contributed by atoms with Crippen molar-refractivity contribution in [3.63, 3.8) is 0 Å². The molecule has 3 amide bonds. The van der Waals surface area contributed by atoms with Crippen LogP contribution in [0.4, 0.5) is 4.79 Å². The van der Waals surface area contributed by atoms with Crippen LogP contribution in [0, 0.1) is 12.8 Å². The molecule has 1 atom stereocenters. The van der Waals surface area contributed by atoms with Gasteiger partial charge in [0.15, 0.2) is 0 Å². The van der Waals surface area contributed by atoms with Crippen molar-refractivity contribution >= 4 is 11.9 Å². The Kier molecular flexibility index (Phi) is 4.22. The number of urea groups is 1. The molecule has 0 radical (unpaired) electrons. The van der Waals surface area contributed by atoms with Crippen molar-refractivity contribution < 1.29 is 9.59 Å². The van der Waals surface area contributed by atoms with Crippen molar-refractivity contribution in [1.29, 1.82) is 0 Å². The van der Waals surface area contributed by atoms with Gasteiger partial charge < -0.3 is 16.0 Å². The molecule has 2 rings (SSSR count). The minimum atomic E-state index is -0.614. The highest BCUT2D eigenvalue weighted by Crippen LogP contribution is 2.41. The fourth-order valence-corrected chi connectivity index (χ4v) is 2.17. The number of rotatable bonds is 5. The zero-order valence-corrected chi connectivity index (χ0v) is 11.8. The molecule has 0 aromatic carbocycles. The average Bonchev–Trinajstić information content (AvgIpc) is 3.21. The van der Waals surface area contributed by atoms with Crippen molar-refractivity contribution in [3.05, 3.63) is 29.6 Å². The summed E-state index contributed by atoms with van der Waals surface area (Å²) < 4.78 is 0. The van der Waals surface area contributed by atoms with Crippen LogP contribution in [0.15, 0.2) is 18.3 Å². The zero-order valence-electron chi connectivity index (χ0n) is 11.8. The summed E-state index contributed by atoms with van der Waals surface area (Å²) in [7, 11) is 1.50. The molecular weight excluding hydrogens is 256 g/mol. The number of hydrogen-bond acceptors (Lipinski definition) is 3. The summed E-state index contributed by atoms with van der Waals surface area (Å²) in [4.78, 5) is 28.5. The van der Waals surface area contributed by atoms with Crippen LogP contribution >= 0.6 is 0 Å². The van der Waals surface area contributed by atoms with E-state index in [9.17, 15) is 9.59 Å². The monoisotopic (exact) mass is 276 g/mol. The largest absolute Gasteiger partial charge is 0.351 e. The predicted octanol–water partition coefficient (Wildman–Crippen LogP) is 0.968. The second-order valence-electron chi connectivity index (χ2n) is 5.28. The van der Waals surface area contributed by atoms with Crippen molar-refractivity contribution in [2.75, 3.05) is 13.6 Å². The van der Waals surface area contributed by atoms with Gasteiger partial charge in [0.1, 0.15) is 6.54 Å². The van der Waals surface area contributed by atoms with E-state index in [4.69, 9.17) is 5.73 Å². The van der Waals surface area contributed by atoms with Crippen molar-refractivity contribution in [2.24, 2.45) is 11.7 Å². The van der Waals surface area contributed by atoms with Crippen LogP contribution in [0.1, 0.15) is 30.1 Å². The maximum absolute atomic E-state index is 12.0. The van der Waals surface area contributed by atoms with Crippen LogP contribution in [-0.4, -0.2) is 35.4 Å². The third kappa shape index (κ3) is 3.46. The summed E-state index contributed by atoms with van der Waals surface area (Å²) in [6.07, 6.45) is 3.92. The average molecular weight is 276 g/mol. The van der Waals surface area contributed by atoms with Crippen LogP contribution in [0.3, 0.4) is 0 Å². The van der Waals surface area contributed by atoms with Gasteiger partial charge in [0, 0.05) is 13.2 Å². The maximum atomic E-state index is 12.0. The summed E-state index contributed by atoms with van der Waals surface area (Å²) >= 11 is 0. The number of pyridine rings is 1. The fourth-order valence-electron chi connectivity index (χ4n) is 2.17. The first kappa shape index (κ1) is 14.3. The SMILES string of the molecule is Cc1cccnc1[C@H](NC(=O)CN(C)C(N)=O)C1CC1. The van der Waals surface area contributed by atoms with E-state index in [1.165, 1.54) is 11.9 Å². The number of primary amides is 1. The number of nitrogens with two attached hydrogens (primary N) is 1. The second kappa shape index (κ2) is 5.90. The Hall–Kier alpha value is -2.11.